The first-order valence-electron chi connectivity index (χ1n) is 9.21. The van der Waals surface area contributed by atoms with Gasteiger partial charge in [0.15, 0.2) is 0 Å². The first-order chi connectivity index (χ1) is 13.9. The molecule has 0 spiro atoms. The minimum Gasteiger partial charge on any atom is -0.350 e. The molecule has 1 amide bonds. The van der Waals surface area contributed by atoms with E-state index in [0.717, 1.165) is 28.3 Å². The highest BCUT2D eigenvalue weighted by Crippen LogP contribution is 2.30. The predicted molar refractivity (Wildman–Crippen MR) is 129 cm³/mol. The van der Waals surface area contributed by atoms with Gasteiger partial charge >= 0.3 is 0 Å². The van der Waals surface area contributed by atoms with Crippen molar-refractivity contribution in [3.05, 3.63) is 50.6 Å². The zero-order valence-corrected chi connectivity index (χ0v) is 19.6. The highest BCUT2D eigenvalue weighted by atomic mass is 127. The summed E-state index contributed by atoms with van der Waals surface area (Å²) in [6.07, 6.45) is 2.85. The van der Waals surface area contributed by atoms with Crippen LogP contribution in [-0.4, -0.2) is 32.7 Å². The minimum absolute atomic E-state index is 0.0571. The maximum Gasteiger partial charge on any atom is 0.257 e. The van der Waals surface area contributed by atoms with Crippen molar-refractivity contribution >= 4 is 86.0 Å². The number of aromatic amines is 1. The van der Waals surface area contributed by atoms with Crippen LogP contribution in [0.5, 0.6) is 0 Å². The standard InChI is InChI=1S/C20H18Cl3IN4O/c21-13-2-1-3-14(22)18(13)28-20-26-16-8-12(15(23)9-17(16)27-20)19(29)25-11-6-4-10(24)5-7-11/h4-9,13-14,18H,1-3H2,(H,25,29)(H2,26,27,28). The summed E-state index contributed by atoms with van der Waals surface area (Å²) in [5, 5.41) is 6.40. The molecule has 0 aliphatic heterocycles. The minimum atomic E-state index is -0.287. The number of rotatable bonds is 4. The van der Waals surface area contributed by atoms with E-state index in [4.69, 9.17) is 34.8 Å². The molecule has 0 radical (unpaired) electrons. The summed E-state index contributed by atoms with van der Waals surface area (Å²) in [6.45, 7) is 0. The van der Waals surface area contributed by atoms with Gasteiger partial charge in [-0.15, -0.1) is 23.2 Å². The average Bonchev–Trinajstić information content (AvgIpc) is 3.07. The van der Waals surface area contributed by atoms with Crippen molar-refractivity contribution in [3.8, 4) is 0 Å². The summed E-state index contributed by atoms with van der Waals surface area (Å²) in [5.74, 6) is 0.277. The fourth-order valence-corrected chi connectivity index (χ4v) is 4.91. The number of alkyl halides is 2. The molecular weight excluding hydrogens is 546 g/mol. The van der Waals surface area contributed by atoms with Crippen molar-refractivity contribution in [3.63, 3.8) is 0 Å². The molecule has 1 aromatic heterocycles. The van der Waals surface area contributed by atoms with E-state index >= 15 is 0 Å². The van der Waals surface area contributed by atoms with Crippen LogP contribution >= 0.6 is 57.4 Å². The number of hydrogen-bond acceptors (Lipinski definition) is 3. The Morgan fingerprint density at radius 2 is 1.83 bits per heavy atom. The van der Waals surface area contributed by atoms with E-state index in [-0.39, 0.29) is 22.7 Å². The number of carbonyl (C=O) groups excluding carboxylic acids is 1. The van der Waals surface area contributed by atoms with Gasteiger partial charge in [0.2, 0.25) is 5.95 Å². The van der Waals surface area contributed by atoms with Crippen molar-refractivity contribution < 1.29 is 4.79 Å². The highest BCUT2D eigenvalue weighted by Gasteiger charge is 2.31. The molecule has 2 atom stereocenters. The Morgan fingerprint density at radius 1 is 1.14 bits per heavy atom. The molecule has 29 heavy (non-hydrogen) atoms. The second kappa shape index (κ2) is 8.88. The molecule has 4 rings (SSSR count). The second-order valence-electron chi connectivity index (χ2n) is 7.03. The number of imidazole rings is 1. The van der Waals surface area contributed by atoms with Gasteiger partial charge in [-0.25, -0.2) is 4.98 Å². The van der Waals surface area contributed by atoms with Crippen molar-refractivity contribution in [1.82, 2.24) is 9.97 Å². The van der Waals surface area contributed by atoms with Gasteiger partial charge < -0.3 is 15.6 Å². The largest absolute Gasteiger partial charge is 0.350 e. The van der Waals surface area contributed by atoms with Crippen LogP contribution in [0.3, 0.4) is 0 Å². The van der Waals surface area contributed by atoms with E-state index in [1.807, 2.05) is 24.3 Å². The maximum absolute atomic E-state index is 12.7. The quantitative estimate of drug-likeness (QED) is 0.260. The lowest BCUT2D eigenvalue weighted by atomic mass is 9.94. The number of aromatic nitrogens is 2. The zero-order chi connectivity index (χ0) is 20.5. The van der Waals surface area contributed by atoms with E-state index < -0.39 is 0 Å². The molecule has 1 saturated carbocycles. The Bertz CT molecular complexity index is 1030. The van der Waals surface area contributed by atoms with Gasteiger partial charge in [0, 0.05) is 9.26 Å². The number of benzene rings is 2. The number of hydrogen-bond donors (Lipinski definition) is 3. The summed E-state index contributed by atoms with van der Waals surface area (Å²) in [7, 11) is 0. The van der Waals surface area contributed by atoms with Crippen LogP contribution in [0.2, 0.25) is 5.02 Å². The Morgan fingerprint density at radius 3 is 2.52 bits per heavy atom. The Kier molecular flexibility index (Phi) is 6.44. The molecule has 2 aromatic carbocycles. The SMILES string of the molecule is O=C(Nc1ccc(I)cc1)c1cc2nc(NC3C(Cl)CCCC3Cl)[nH]c2cc1Cl. The molecule has 1 heterocycles. The Balaban J connectivity index is 1.56. The smallest absolute Gasteiger partial charge is 0.257 e. The first-order valence-corrected chi connectivity index (χ1v) is 11.5. The normalized spacial score (nSPS) is 21.9. The number of H-pyrrole nitrogens is 1. The third kappa shape index (κ3) is 4.76. The van der Waals surface area contributed by atoms with Gasteiger partial charge in [0.1, 0.15) is 0 Å². The summed E-state index contributed by atoms with van der Waals surface area (Å²) < 4.78 is 1.09. The third-order valence-corrected chi connectivity index (χ3v) is 6.97. The van der Waals surface area contributed by atoms with Crippen molar-refractivity contribution in [2.24, 2.45) is 0 Å². The van der Waals surface area contributed by atoms with Gasteiger partial charge in [-0.3, -0.25) is 4.79 Å². The maximum atomic E-state index is 12.7. The molecule has 3 aromatic rings. The van der Waals surface area contributed by atoms with Crippen LogP contribution in [0.25, 0.3) is 11.0 Å². The Labute approximate surface area is 197 Å². The van der Waals surface area contributed by atoms with Crippen LogP contribution in [0.4, 0.5) is 11.6 Å². The predicted octanol–water partition coefficient (Wildman–Crippen LogP) is 6.25. The van der Waals surface area contributed by atoms with E-state index in [1.54, 1.807) is 12.1 Å². The molecule has 1 aliphatic carbocycles. The van der Waals surface area contributed by atoms with Gasteiger partial charge in [-0.2, -0.15) is 0 Å². The number of carbonyl (C=O) groups is 1. The van der Waals surface area contributed by atoms with Gasteiger partial charge in [-0.05, 0) is 71.8 Å². The second-order valence-corrected chi connectivity index (χ2v) is 9.80. The number of nitrogens with zero attached hydrogens (tertiary/aromatic N) is 1. The molecule has 0 saturated heterocycles. The topological polar surface area (TPSA) is 69.8 Å². The molecule has 3 N–H and O–H groups in total. The van der Waals surface area contributed by atoms with E-state index in [2.05, 4.69) is 43.2 Å². The lowest BCUT2D eigenvalue weighted by Crippen LogP contribution is -2.41. The number of nitrogens with one attached hydrogen (secondary N) is 3. The highest BCUT2D eigenvalue weighted by molar-refractivity contribution is 14.1. The third-order valence-electron chi connectivity index (χ3n) is 4.96. The average molecular weight is 564 g/mol. The number of halogens is 4. The van der Waals surface area contributed by atoms with Crippen LogP contribution in [0.15, 0.2) is 36.4 Å². The first kappa shape index (κ1) is 21.0. The van der Waals surface area contributed by atoms with E-state index in [1.165, 1.54) is 0 Å². The number of amides is 1. The molecule has 1 aliphatic rings. The van der Waals surface area contributed by atoms with Gasteiger partial charge in [-0.1, -0.05) is 18.0 Å². The van der Waals surface area contributed by atoms with Crippen molar-refractivity contribution in [1.29, 1.82) is 0 Å². The van der Waals surface area contributed by atoms with Gasteiger partial charge in [0.05, 0.1) is 38.4 Å². The summed E-state index contributed by atoms with van der Waals surface area (Å²) in [6, 6.07) is 10.8. The molecular formula is C20H18Cl3IN4O. The zero-order valence-electron chi connectivity index (χ0n) is 15.2. The monoisotopic (exact) mass is 562 g/mol. The molecule has 152 valence electrons. The van der Waals surface area contributed by atoms with Crippen LogP contribution < -0.4 is 10.6 Å². The lowest BCUT2D eigenvalue weighted by Gasteiger charge is -2.31. The number of fused-ring (bicyclic) bond motifs is 1. The summed E-state index contributed by atoms with van der Waals surface area (Å²) >= 11 is 21.5. The summed E-state index contributed by atoms with van der Waals surface area (Å²) in [4.78, 5) is 20.4. The summed E-state index contributed by atoms with van der Waals surface area (Å²) in [5.41, 5.74) is 2.43. The van der Waals surface area contributed by atoms with Crippen molar-refractivity contribution in [2.45, 2.75) is 36.1 Å². The van der Waals surface area contributed by atoms with Gasteiger partial charge in [0.25, 0.3) is 5.91 Å². The van der Waals surface area contributed by atoms with Crippen LogP contribution in [0, 0.1) is 3.57 Å². The molecule has 5 nitrogen and oxygen atoms in total. The van der Waals surface area contributed by atoms with E-state index in [9.17, 15) is 4.79 Å². The molecule has 0 bridgehead atoms. The van der Waals surface area contributed by atoms with Crippen LogP contribution in [-0.2, 0) is 0 Å². The number of anilines is 2. The van der Waals surface area contributed by atoms with Crippen LogP contribution in [0.1, 0.15) is 29.6 Å². The Hall–Kier alpha value is -1.22. The molecule has 9 heteroatoms. The van der Waals surface area contributed by atoms with E-state index in [0.29, 0.717) is 27.7 Å². The fraction of sp³-hybridized carbons (Fsp3) is 0.300. The van der Waals surface area contributed by atoms with Crippen molar-refractivity contribution in [2.75, 3.05) is 10.6 Å². The fourth-order valence-electron chi connectivity index (χ4n) is 3.44. The molecule has 1 fully saturated rings. The lowest BCUT2D eigenvalue weighted by molar-refractivity contribution is 0.102. The molecule has 2 unspecified atom stereocenters.